The lowest BCUT2D eigenvalue weighted by molar-refractivity contribution is 0.103. The fourth-order valence-corrected chi connectivity index (χ4v) is 2.21. The molecule has 0 aliphatic carbocycles. The van der Waals surface area contributed by atoms with Crippen LogP contribution in [0, 0.1) is 6.92 Å². The SMILES string of the molecule is Cc1ccccc1C(=O)c1csc(C=O)c1. The number of ketones is 1. The van der Waals surface area contributed by atoms with Gasteiger partial charge in [-0.25, -0.2) is 0 Å². The van der Waals surface area contributed by atoms with Gasteiger partial charge in [0.05, 0.1) is 4.88 Å². The van der Waals surface area contributed by atoms with Crippen LogP contribution >= 0.6 is 11.3 Å². The molecule has 0 saturated carbocycles. The van der Waals surface area contributed by atoms with E-state index in [0.29, 0.717) is 16.0 Å². The summed E-state index contributed by atoms with van der Waals surface area (Å²) in [6.45, 7) is 1.90. The van der Waals surface area contributed by atoms with E-state index in [1.54, 1.807) is 17.5 Å². The summed E-state index contributed by atoms with van der Waals surface area (Å²) in [4.78, 5) is 23.2. The van der Waals surface area contributed by atoms with E-state index in [4.69, 9.17) is 0 Å². The average Bonchev–Trinajstić information content (AvgIpc) is 2.77. The summed E-state index contributed by atoms with van der Waals surface area (Å²) in [5, 5.41) is 1.72. The molecule has 0 saturated heterocycles. The molecule has 0 fully saturated rings. The normalized spacial score (nSPS) is 10.1. The van der Waals surface area contributed by atoms with E-state index in [0.717, 1.165) is 11.8 Å². The highest BCUT2D eigenvalue weighted by Gasteiger charge is 2.12. The van der Waals surface area contributed by atoms with Crippen LogP contribution in [0.25, 0.3) is 0 Å². The third-order valence-corrected chi connectivity index (χ3v) is 3.25. The molecular formula is C13H10O2S. The van der Waals surface area contributed by atoms with Crippen LogP contribution in [0.4, 0.5) is 0 Å². The van der Waals surface area contributed by atoms with Gasteiger partial charge in [0.1, 0.15) is 0 Å². The maximum Gasteiger partial charge on any atom is 0.194 e. The molecule has 0 aliphatic heterocycles. The van der Waals surface area contributed by atoms with Crippen molar-refractivity contribution < 1.29 is 9.59 Å². The van der Waals surface area contributed by atoms with Gasteiger partial charge < -0.3 is 0 Å². The second kappa shape index (κ2) is 4.41. The van der Waals surface area contributed by atoms with E-state index in [1.807, 2.05) is 25.1 Å². The first-order valence-electron chi connectivity index (χ1n) is 4.86. The number of benzene rings is 1. The summed E-state index contributed by atoms with van der Waals surface area (Å²) < 4.78 is 0. The van der Waals surface area contributed by atoms with E-state index in [9.17, 15) is 9.59 Å². The van der Waals surface area contributed by atoms with Crippen molar-refractivity contribution in [1.82, 2.24) is 0 Å². The largest absolute Gasteiger partial charge is 0.297 e. The van der Waals surface area contributed by atoms with E-state index in [-0.39, 0.29) is 5.78 Å². The standard InChI is InChI=1S/C13H10O2S/c1-9-4-2-3-5-12(9)13(15)10-6-11(7-14)16-8-10/h2-8H,1H3. The van der Waals surface area contributed by atoms with Gasteiger partial charge in [0.2, 0.25) is 0 Å². The van der Waals surface area contributed by atoms with Crippen molar-refractivity contribution in [2.24, 2.45) is 0 Å². The lowest BCUT2D eigenvalue weighted by atomic mass is 10.0. The van der Waals surface area contributed by atoms with Crippen LogP contribution in [0.15, 0.2) is 35.7 Å². The average molecular weight is 230 g/mol. The van der Waals surface area contributed by atoms with E-state index in [1.165, 1.54) is 11.3 Å². The number of carbonyl (C=O) groups is 2. The molecule has 0 aliphatic rings. The molecule has 1 heterocycles. The van der Waals surface area contributed by atoms with Crippen molar-refractivity contribution in [3.05, 3.63) is 57.3 Å². The first-order valence-corrected chi connectivity index (χ1v) is 5.74. The summed E-state index contributed by atoms with van der Waals surface area (Å²) in [5.41, 5.74) is 2.23. The Bertz CT molecular complexity index is 540. The second-order valence-electron chi connectivity index (χ2n) is 3.50. The number of aryl methyl sites for hydroxylation is 1. The van der Waals surface area contributed by atoms with E-state index < -0.39 is 0 Å². The summed E-state index contributed by atoms with van der Waals surface area (Å²) in [6.07, 6.45) is 0.763. The molecule has 2 nitrogen and oxygen atoms in total. The van der Waals surface area contributed by atoms with Gasteiger partial charge in [-0.1, -0.05) is 24.3 Å². The van der Waals surface area contributed by atoms with Crippen LogP contribution in [0.1, 0.15) is 31.2 Å². The highest BCUT2D eigenvalue weighted by atomic mass is 32.1. The summed E-state index contributed by atoms with van der Waals surface area (Å²) in [7, 11) is 0. The molecule has 0 amide bonds. The Labute approximate surface area is 97.5 Å². The molecule has 0 radical (unpaired) electrons. The van der Waals surface area contributed by atoms with Gasteiger partial charge in [-0.2, -0.15) is 0 Å². The highest BCUT2D eigenvalue weighted by molar-refractivity contribution is 7.12. The van der Waals surface area contributed by atoms with Crippen molar-refractivity contribution in [2.45, 2.75) is 6.92 Å². The van der Waals surface area contributed by atoms with Gasteiger partial charge >= 0.3 is 0 Å². The van der Waals surface area contributed by atoms with Crippen molar-refractivity contribution >= 4 is 23.4 Å². The van der Waals surface area contributed by atoms with Crippen molar-refractivity contribution in [2.75, 3.05) is 0 Å². The molecule has 80 valence electrons. The number of carbonyl (C=O) groups excluding carboxylic acids is 2. The summed E-state index contributed by atoms with van der Waals surface area (Å²) >= 11 is 1.29. The maximum atomic E-state index is 12.1. The lowest BCUT2D eigenvalue weighted by Gasteiger charge is -2.01. The Kier molecular flexibility index (Phi) is 2.97. The molecule has 0 spiro atoms. The van der Waals surface area contributed by atoms with Gasteiger partial charge in [0, 0.05) is 16.5 Å². The van der Waals surface area contributed by atoms with Crippen LogP contribution in [0.5, 0.6) is 0 Å². The summed E-state index contributed by atoms with van der Waals surface area (Å²) in [5.74, 6) is -0.0255. The number of hydrogen-bond donors (Lipinski definition) is 0. The van der Waals surface area contributed by atoms with Crippen LogP contribution in [-0.4, -0.2) is 12.1 Å². The first kappa shape index (κ1) is 10.8. The number of thiophene rings is 1. The zero-order chi connectivity index (χ0) is 11.5. The number of rotatable bonds is 3. The van der Waals surface area contributed by atoms with Crippen LogP contribution < -0.4 is 0 Å². The van der Waals surface area contributed by atoms with Crippen LogP contribution in [0.2, 0.25) is 0 Å². The Morgan fingerprint density at radius 1 is 1.31 bits per heavy atom. The van der Waals surface area contributed by atoms with Gasteiger partial charge in [-0.15, -0.1) is 11.3 Å². The van der Waals surface area contributed by atoms with Gasteiger partial charge in [0.15, 0.2) is 12.1 Å². The van der Waals surface area contributed by atoms with Crippen molar-refractivity contribution in [1.29, 1.82) is 0 Å². The highest BCUT2D eigenvalue weighted by Crippen LogP contribution is 2.18. The van der Waals surface area contributed by atoms with Crippen molar-refractivity contribution in [3.8, 4) is 0 Å². The Balaban J connectivity index is 2.39. The topological polar surface area (TPSA) is 34.1 Å². The van der Waals surface area contributed by atoms with Crippen LogP contribution in [0.3, 0.4) is 0 Å². The van der Waals surface area contributed by atoms with E-state index in [2.05, 4.69) is 0 Å². The Morgan fingerprint density at radius 2 is 2.06 bits per heavy atom. The number of hydrogen-bond acceptors (Lipinski definition) is 3. The van der Waals surface area contributed by atoms with E-state index >= 15 is 0 Å². The molecule has 3 heteroatoms. The van der Waals surface area contributed by atoms with Crippen LogP contribution in [-0.2, 0) is 0 Å². The minimum Gasteiger partial charge on any atom is -0.297 e. The third-order valence-electron chi connectivity index (χ3n) is 2.39. The second-order valence-corrected chi connectivity index (χ2v) is 4.44. The molecule has 0 atom stereocenters. The molecule has 2 rings (SSSR count). The molecule has 0 N–H and O–H groups in total. The molecule has 2 aromatic rings. The fourth-order valence-electron chi connectivity index (χ4n) is 1.52. The maximum absolute atomic E-state index is 12.1. The third kappa shape index (κ3) is 1.95. The smallest absolute Gasteiger partial charge is 0.194 e. The molecule has 0 unspecified atom stereocenters. The minimum absolute atomic E-state index is 0.0255. The fraction of sp³-hybridized carbons (Fsp3) is 0.0769. The number of aldehydes is 1. The van der Waals surface area contributed by atoms with Gasteiger partial charge in [0.25, 0.3) is 0 Å². The zero-order valence-electron chi connectivity index (χ0n) is 8.77. The minimum atomic E-state index is -0.0255. The predicted octanol–water partition coefficient (Wildman–Crippen LogP) is 3.10. The Hall–Kier alpha value is -1.74. The molecule has 0 bridgehead atoms. The predicted molar refractivity (Wildman–Crippen MR) is 64.3 cm³/mol. The first-order chi connectivity index (χ1) is 7.72. The monoisotopic (exact) mass is 230 g/mol. The molecular weight excluding hydrogens is 220 g/mol. The zero-order valence-corrected chi connectivity index (χ0v) is 9.58. The van der Waals surface area contributed by atoms with Gasteiger partial charge in [-0.3, -0.25) is 9.59 Å². The van der Waals surface area contributed by atoms with Crippen molar-refractivity contribution in [3.63, 3.8) is 0 Å². The quantitative estimate of drug-likeness (QED) is 0.599. The molecule has 1 aromatic heterocycles. The van der Waals surface area contributed by atoms with Gasteiger partial charge in [-0.05, 0) is 18.6 Å². The molecule has 16 heavy (non-hydrogen) atoms. The Morgan fingerprint density at radius 3 is 2.69 bits per heavy atom. The summed E-state index contributed by atoms with van der Waals surface area (Å²) in [6, 6.07) is 9.08. The molecule has 1 aromatic carbocycles. The lowest BCUT2D eigenvalue weighted by Crippen LogP contribution is -2.01.